The molecule has 118 valence electrons. The van der Waals surface area contributed by atoms with E-state index in [0.29, 0.717) is 6.04 Å². The van der Waals surface area contributed by atoms with Crippen molar-refractivity contribution in [3.8, 4) is 0 Å². The molecular weight excluding hydrogens is 246 g/mol. The first kappa shape index (κ1) is 16.3. The molecule has 0 saturated carbocycles. The summed E-state index contributed by atoms with van der Waals surface area (Å²) in [5, 5.41) is 3.60. The molecule has 2 saturated heterocycles. The third-order valence-corrected chi connectivity index (χ3v) is 5.28. The summed E-state index contributed by atoms with van der Waals surface area (Å²) in [7, 11) is 2.33. The average molecular weight is 281 g/mol. The van der Waals surface area contributed by atoms with Crippen molar-refractivity contribution in [1.29, 1.82) is 0 Å². The van der Waals surface area contributed by atoms with Crippen LogP contribution in [0.2, 0.25) is 0 Å². The summed E-state index contributed by atoms with van der Waals surface area (Å²) in [6.45, 7) is 11.0. The van der Waals surface area contributed by atoms with E-state index in [1.165, 1.54) is 71.2 Å². The molecule has 0 aliphatic carbocycles. The maximum Gasteiger partial charge on any atom is 0.0145 e. The van der Waals surface area contributed by atoms with Crippen molar-refractivity contribution >= 4 is 0 Å². The van der Waals surface area contributed by atoms with Crippen LogP contribution in [0.15, 0.2) is 0 Å². The minimum Gasteiger partial charge on any atom is -0.314 e. The van der Waals surface area contributed by atoms with Crippen molar-refractivity contribution in [2.75, 3.05) is 39.8 Å². The zero-order valence-electron chi connectivity index (χ0n) is 13.9. The molecule has 3 nitrogen and oxygen atoms in total. The first-order chi connectivity index (χ1) is 9.70. The lowest BCUT2D eigenvalue weighted by atomic mass is 9.84. The summed E-state index contributed by atoms with van der Waals surface area (Å²) in [4.78, 5) is 5.34. The van der Waals surface area contributed by atoms with Crippen LogP contribution < -0.4 is 5.32 Å². The van der Waals surface area contributed by atoms with Crippen molar-refractivity contribution < 1.29 is 0 Å². The van der Waals surface area contributed by atoms with Crippen molar-refractivity contribution in [2.24, 2.45) is 5.92 Å². The van der Waals surface area contributed by atoms with Crippen molar-refractivity contribution in [3.63, 3.8) is 0 Å². The quantitative estimate of drug-likeness (QED) is 0.774. The van der Waals surface area contributed by atoms with Crippen LogP contribution in [-0.2, 0) is 0 Å². The van der Waals surface area contributed by atoms with Gasteiger partial charge in [0.15, 0.2) is 0 Å². The molecular formula is C17H35N3. The minimum absolute atomic E-state index is 0.688. The molecule has 2 rings (SSSR count). The molecule has 0 amide bonds. The fourth-order valence-corrected chi connectivity index (χ4v) is 4.04. The number of hydrogen-bond acceptors (Lipinski definition) is 3. The van der Waals surface area contributed by atoms with Gasteiger partial charge in [0.25, 0.3) is 0 Å². The number of nitrogens with one attached hydrogen (secondary N) is 1. The standard InChI is InChI=1S/C17H35N3/c1-4-10-18-15(2)7-5-12-20-13-9-17-16(14-20)8-6-11-19(17)3/h15-18H,4-14H2,1-3H3. The van der Waals surface area contributed by atoms with Gasteiger partial charge in [0, 0.05) is 18.6 Å². The molecule has 3 atom stereocenters. The molecule has 0 aromatic rings. The lowest BCUT2D eigenvalue weighted by molar-refractivity contribution is 0.0378. The van der Waals surface area contributed by atoms with Crippen LogP contribution in [-0.4, -0.2) is 61.7 Å². The van der Waals surface area contributed by atoms with Crippen LogP contribution in [0.3, 0.4) is 0 Å². The molecule has 0 bridgehead atoms. The first-order valence-corrected chi connectivity index (χ1v) is 8.86. The van der Waals surface area contributed by atoms with Crippen molar-refractivity contribution in [1.82, 2.24) is 15.1 Å². The normalized spacial score (nSPS) is 30.1. The molecule has 0 spiro atoms. The number of nitrogens with zero attached hydrogens (tertiary/aromatic N) is 2. The molecule has 3 unspecified atom stereocenters. The topological polar surface area (TPSA) is 18.5 Å². The van der Waals surface area contributed by atoms with E-state index >= 15 is 0 Å². The van der Waals surface area contributed by atoms with Gasteiger partial charge in [-0.25, -0.2) is 0 Å². The van der Waals surface area contributed by atoms with Gasteiger partial charge in [-0.15, -0.1) is 0 Å². The number of likely N-dealkylation sites (tertiary alicyclic amines) is 2. The molecule has 2 heterocycles. The van der Waals surface area contributed by atoms with Gasteiger partial charge in [-0.2, -0.15) is 0 Å². The van der Waals surface area contributed by atoms with E-state index in [4.69, 9.17) is 0 Å². The van der Waals surface area contributed by atoms with Gasteiger partial charge < -0.3 is 15.1 Å². The predicted molar refractivity (Wildman–Crippen MR) is 87.2 cm³/mol. The Balaban J connectivity index is 1.63. The summed E-state index contributed by atoms with van der Waals surface area (Å²) in [5.74, 6) is 0.943. The monoisotopic (exact) mass is 281 g/mol. The van der Waals surface area contributed by atoms with E-state index in [9.17, 15) is 0 Å². The Bertz CT molecular complexity index is 269. The Labute approximate surface area is 126 Å². The second-order valence-electron chi connectivity index (χ2n) is 7.04. The largest absolute Gasteiger partial charge is 0.314 e. The molecule has 0 aromatic heterocycles. The predicted octanol–water partition coefficient (Wildman–Crippen LogP) is 2.57. The van der Waals surface area contributed by atoms with E-state index in [1.54, 1.807) is 0 Å². The van der Waals surface area contributed by atoms with E-state index in [-0.39, 0.29) is 0 Å². The number of rotatable bonds is 7. The van der Waals surface area contributed by atoms with Gasteiger partial charge >= 0.3 is 0 Å². The molecule has 2 fully saturated rings. The zero-order valence-corrected chi connectivity index (χ0v) is 13.9. The summed E-state index contributed by atoms with van der Waals surface area (Å²) in [5.41, 5.74) is 0. The third-order valence-electron chi connectivity index (χ3n) is 5.28. The number of hydrogen-bond donors (Lipinski definition) is 1. The van der Waals surface area contributed by atoms with E-state index in [1.807, 2.05) is 0 Å². The maximum atomic E-state index is 3.60. The molecule has 20 heavy (non-hydrogen) atoms. The van der Waals surface area contributed by atoms with Gasteiger partial charge in [-0.3, -0.25) is 0 Å². The van der Waals surface area contributed by atoms with Crippen LogP contribution >= 0.6 is 0 Å². The smallest absolute Gasteiger partial charge is 0.0145 e. The van der Waals surface area contributed by atoms with Gasteiger partial charge in [0.1, 0.15) is 0 Å². The second-order valence-corrected chi connectivity index (χ2v) is 7.04. The Morgan fingerprint density at radius 3 is 2.90 bits per heavy atom. The maximum absolute atomic E-state index is 3.60. The summed E-state index contributed by atoms with van der Waals surface area (Å²) < 4.78 is 0. The van der Waals surface area contributed by atoms with Crippen LogP contribution in [0.4, 0.5) is 0 Å². The van der Waals surface area contributed by atoms with Gasteiger partial charge in [0.05, 0.1) is 0 Å². The highest BCUT2D eigenvalue weighted by atomic mass is 15.2. The van der Waals surface area contributed by atoms with Crippen LogP contribution in [0.1, 0.15) is 52.4 Å². The summed E-state index contributed by atoms with van der Waals surface area (Å²) >= 11 is 0. The average Bonchev–Trinajstić information content (AvgIpc) is 2.45. The van der Waals surface area contributed by atoms with E-state index in [0.717, 1.165) is 12.0 Å². The van der Waals surface area contributed by atoms with Crippen molar-refractivity contribution in [2.45, 2.75) is 64.5 Å². The third kappa shape index (κ3) is 4.71. The Morgan fingerprint density at radius 1 is 1.25 bits per heavy atom. The van der Waals surface area contributed by atoms with E-state index < -0.39 is 0 Å². The SMILES string of the molecule is CCCNC(C)CCCN1CCC2C(CCCN2C)C1. The highest BCUT2D eigenvalue weighted by Gasteiger charge is 2.33. The number of fused-ring (bicyclic) bond motifs is 1. The second kappa shape index (κ2) is 8.35. The zero-order chi connectivity index (χ0) is 14.4. The van der Waals surface area contributed by atoms with Gasteiger partial charge in [0.2, 0.25) is 0 Å². The molecule has 2 aliphatic heterocycles. The molecule has 3 heteroatoms. The minimum atomic E-state index is 0.688. The lowest BCUT2D eigenvalue weighted by Crippen LogP contribution is -2.52. The van der Waals surface area contributed by atoms with Crippen LogP contribution in [0.25, 0.3) is 0 Å². The molecule has 0 radical (unpaired) electrons. The Hall–Kier alpha value is -0.120. The highest BCUT2D eigenvalue weighted by Crippen LogP contribution is 2.29. The summed E-state index contributed by atoms with van der Waals surface area (Å²) in [6, 6.07) is 1.57. The van der Waals surface area contributed by atoms with Gasteiger partial charge in [-0.05, 0) is 84.6 Å². The Kier molecular flexibility index (Phi) is 6.79. The highest BCUT2D eigenvalue weighted by molar-refractivity contribution is 4.89. The summed E-state index contributed by atoms with van der Waals surface area (Å²) in [6.07, 6.45) is 8.18. The molecule has 2 aliphatic rings. The number of piperidine rings is 2. The molecule has 0 aromatic carbocycles. The van der Waals surface area contributed by atoms with Crippen LogP contribution in [0, 0.1) is 5.92 Å². The van der Waals surface area contributed by atoms with E-state index in [2.05, 4.69) is 36.0 Å². The lowest BCUT2D eigenvalue weighted by Gasteiger charge is -2.46. The van der Waals surface area contributed by atoms with Crippen LogP contribution in [0.5, 0.6) is 0 Å². The fraction of sp³-hybridized carbons (Fsp3) is 1.00. The fourth-order valence-electron chi connectivity index (χ4n) is 4.04. The molecule has 1 N–H and O–H groups in total. The Morgan fingerprint density at radius 2 is 2.10 bits per heavy atom. The van der Waals surface area contributed by atoms with Crippen molar-refractivity contribution in [3.05, 3.63) is 0 Å². The first-order valence-electron chi connectivity index (χ1n) is 8.86. The van der Waals surface area contributed by atoms with Gasteiger partial charge in [-0.1, -0.05) is 6.92 Å².